The van der Waals surface area contributed by atoms with Crippen molar-refractivity contribution in [2.24, 2.45) is 0 Å². The van der Waals surface area contributed by atoms with Gasteiger partial charge in [0.25, 0.3) is 0 Å². The molecule has 0 saturated heterocycles. The van der Waals surface area contributed by atoms with Gasteiger partial charge in [-0.05, 0) is 55.8 Å². The van der Waals surface area contributed by atoms with E-state index in [1.165, 1.54) is 17.7 Å². The molecule has 100 valence electrons. The molecule has 1 heterocycles. The Morgan fingerprint density at radius 3 is 2.74 bits per heavy atom. The number of benzene rings is 1. The number of hydrogen-bond acceptors (Lipinski definition) is 2. The minimum absolute atomic E-state index is 0.184. The fourth-order valence-corrected chi connectivity index (χ4v) is 2.59. The van der Waals surface area contributed by atoms with Crippen molar-refractivity contribution in [1.82, 2.24) is 10.3 Å². The summed E-state index contributed by atoms with van der Waals surface area (Å²) in [5.74, 6) is -0.226. The van der Waals surface area contributed by atoms with Crippen LogP contribution in [0, 0.1) is 12.7 Å². The second kappa shape index (κ2) is 6.26. The highest BCUT2D eigenvalue weighted by atomic mass is 79.9. The molecular formula is C15H16BrFN2. The lowest BCUT2D eigenvalue weighted by molar-refractivity contribution is 0.586. The largest absolute Gasteiger partial charge is 0.313 e. The highest BCUT2D eigenvalue weighted by Crippen LogP contribution is 2.24. The van der Waals surface area contributed by atoms with Crippen molar-refractivity contribution < 1.29 is 4.39 Å². The zero-order chi connectivity index (χ0) is 13.8. The van der Waals surface area contributed by atoms with E-state index in [1.807, 2.05) is 32.3 Å². The van der Waals surface area contributed by atoms with E-state index < -0.39 is 0 Å². The molecule has 2 rings (SSSR count). The number of rotatable bonds is 4. The van der Waals surface area contributed by atoms with Gasteiger partial charge < -0.3 is 5.32 Å². The predicted octanol–water partition coefficient (Wildman–Crippen LogP) is 3.79. The average molecular weight is 323 g/mol. The lowest BCUT2D eigenvalue weighted by Gasteiger charge is -2.18. The summed E-state index contributed by atoms with van der Waals surface area (Å²) < 4.78 is 13.9. The van der Waals surface area contributed by atoms with E-state index in [9.17, 15) is 4.39 Å². The first-order valence-electron chi connectivity index (χ1n) is 6.14. The number of nitrogens with one attached hydrogen (secondary N) is 1. The van der Waals surface area contributed by atoms with Gasteiger partial charge >= 0.3 is 0 Å². The third-order valence-electron chi connectivity index (χ3n) is 3.11. The molecule has 0 spiro atoms. The molecule has 0 saturated carbocycles. The molecule has 19 heavy (non-hydrogen) atoms. The fraction of sp³-hybridized carbons (Fsp3) is 0.267. The first-order valence-corrected chi connectivity index (χ1v) is 6.93. The maximum Gasteiger partial charge on any atom is 0.124 e. The Hall–Kier alpha value is -1.26. The molecule has 0 bridgehead atoms. The van der Waals surface area contributed by atoms with Crippen molar-refractivity contribution in [1.29, 1.82) is 0 Å². The Bertz CT molecular complexity index is 572. The van der Waals surface area contributed by atoms with Gasteiger partial charge in [0, 0.05) is 22.4 Å². The van der Waals surface area contributed by atoms with Crippen molar-refractivity contribution >= 4 is 15.9 Å². The van der Waals surface area contributed by atoms with Crippen LogP contribution < -0.4 is 5.32 Å². The van der Waals surface area contributed by atoms with E-state index in [0.29, 0.717) is 0 Å². The van der Waals surface area contributed by atoms with Gasteiger partial charge in [-0.1, -0.05) is 22.0 Å². The van der Waals surface area contributed by atoms with Gasteiger partial charge in [0.2, 0.25) is 0 Å². The van der Waals surface area contributed by atoms with E-state index in [2.05, 4.69) is 32.3 Å². The molecule has 0 aliphatic heterocycles. The van der Waals surface area contributed by atoms with Gasteiger partial charge in [0.15, 0.2) is 0 Å². The number of halogens is 2. The Kier molecular flexibility index (Phi) is 4.66. The van der Waals surface area contributed by atoms with E-state index >= 15 is 0 Å². The summed E-state index contributed by atoms with van der Waals surface area (Å²) in [6.07, 6.45) is 2.61. The van der Waals surface area contributed by atoms with Crippen LogP contribution in [0.25, 0.3) is 0 Å². The lowest BCUT2D eigenvalue weighted by atomic mass is 9.99. The molecule has 0 radical (unpaired) electrons. The summed E-state index contributed by atoms with van der Waals surface area (Å²) in [6.45, 7) is 1.98. The Labute approximate surface area is 121 Å². The van der Waals surface area contributed by atoms with Crippen molar-refractivity contribution in [3.05, 3.63) is 63.6 Å². The van der Waals surface area contributed by atoms with Crippen LogP contribution in [0.1, 0.15) is 22.9 Å². The fourth-order valence-electron chi connectivity index (χ4n) is 2.08. The van der Waals surface area contributed by atoms with Crippen molar-refractivity contribution in [2.45, 2.75) is 19.4 Å². The van der Waals surface area contributed by atoms with Gasteiger partial charge in [-0.15, -0.1) is 0 Å². The topological polar surface area (TPSA) is 24.9 Å². The van der Waals surface area contributed by atoms with Gasteiger partial charge in [-0.25, -0.2) is 4.39 Å². The van der Waals surface area contributed by atoms with Crippen molar-refractivity contribution in [2.75, 3.05) is 7.05 Å². The van der Waals surface area contributed by atoms with Crippen LogP contribution in [0.2, 0.25) is 0 Å². The zero-order valence-corrected chi connectivity index (χ0v) is 12.5. The highest BCUT2D eigenvalue weighted by Gasteiger charge is 2.12. The SMILES string of the molecule is CNC(Cc1ccc(F)cc1Br)c1ccnc(C)c1. The first kappa shape index (κ1) is 14.2. The molecule has 1 unspecified atom stereocenters. The zero-order valence-electron chi connectivity index (χ0n) is 11.0. The summed E-state index contributed by atoms with van der Waals surface area (Å²) in [4.78, 5) is 4.21. The van der Waals surface area contributed by atoms with Crippen LogP contribution in [0.5, 0.6) is 0 Å². The third-order valence-corrected chi connectivity index (χ3v) is 3.85. The molecule has 0 aliphatic rings. The molecule has 0 aliphatic carbocycles. The lowest BCUT2D eigenvalue weighted by Crippen LogP contribution is -2.19. The first-order chi connectivity index (χ1) is 9.10. The Morgan fingerprint density at radius 1 is 1.32 bits per heavy atom. The van der Waals surface area contributed by atoms with Gasteiger partial charge in [-0.3, -0.25) is 4.98 Å². The quantitative estimate of drug-likeness (QED) is 0.926. The van der Waals surface area contributed by atoms with Crippen LogP contribution in [0.4, 0.5) is 4.39 Å². The molecule has 1 aromatic heterocycles. The van der Waals surface area contributed by atoms with E-state index in [0.717, 1.165) is 22.2 Å². The number of aromatic nitrogens is 1. The number of likely N-dealkylation sites (N-methyl/N-ethyl adjacent to an activating group) is 1. The second-order valence-corrected chi connectivity index (χ2v) is 5.37. The highest BCUT2D eigenvalue weighted by molar-refractivity contribution is 9.10. The summed E-state index contributed by atoms with van der Waals surface area (Å²) >= 11 is 3.41. The standard InChI is InChI=1S/C15H16BrFN2/c1-10-7-12(5-6-19-10)15(18-2)8-11-3-4-13(17)9-14(11)16/h3-7,9,15,18H,8H2,1-2H3. The molecule has 1 N–H and O–H groups in total. The molecule has 2 aromatic rings. The minimum Gasteiger partial charge on any atom is -0.313 e. The third kappa shape index (κ3) is 3.61. The van der Waals surface area contributed by atoms with Gasteiger partial charge in [0.1, 0.15) is 5.82 Å². The second-order valence-electron chi connectivity index (χ2n) is 4.51. The molecule has 2 nitrogen and oxygen atoms in total. The number of nitrogens with zero attached hydrogens (tertiary/aromatic N) is 1. The molecule has 1 atom stereocenters. The number of pyridine rings is 1. The van der Waals surface area contributed by atoms with Crippen LogP contribution in [-0.4, -0.2) is 12.0 Å². The molecule has 0 fully saturated rings. The van der Waals surface area contributed by atoms with E-state index in [1.54, 1.807) is 0 Å². The van der Waals surface area contributed by atoms with E-state index in [4.69, 9.17) is 0 Å². The van der Waals surface area contributed by atoms with Crippen LogP contribution >= 0.6 is 15.9 Å². The van der Waals surface area contributed by atoms with Crippen LogP contribution in [0.3, 0.4) is 0 Å². The monoisotopic (exact) mass is 322 g/mol. The predicted molar refractivity (Wildman–Crippen MR) is 78.6 cm³/mol. The molecular weight excluding hydrogens is 307 g/mol. The Balaban J connectivity index is 2.24. The van der Waals surface area contributed by atoms with Gasteiger partial charge in [0.05, 0.1) is 0 Å². The maximum atomic E-state index is 13.1. The maximum absolute atomic E-state index is 13.1. The summed E-state index contributed by atoms with van der Waals surface area (Å²) in [7, 11) is 1.93. The smallest absolute Gasteiger partial charge is 0.124 e. The molecule has 4 heteroatoms. The van der Waals surface area contributed by atoms with Crippen LogP contribution in [-0.2, 0) is 6.42 Å². The van der Waals surface area contributed by atoms with Crippen molar-refractivity contribution in [3.63, 3.8) is 0 Å². The minimum atomic E-state index is -0.226. The normalized spacial score (nSPS) is 12.4. The summed E-state index contributed by atoms with van der Waals surface area (Å²) in [5.41, 5.74) is 3.26. The summed E-state index contributed by atoms with van der Waals surface area (Å²) in [6, 6.07) is 9.07. The van der Waals surface area contributed by atoms with Crippen LogP contribution in [0.15, 0.2) is 41.0 Å². The van der Waals surface area contributed by atoms with E-state index in [-0.39, 0.29) is 11.9 Å². The molecule has 1 aromatic carbocycles. The average Bonchev–Trinajstić information content (AvgIpc) is 2.38. The number of hydrogen-bond donors (Lipinski definition) is 1. The number of aryl methyl sites for hydroxylation is 1. The van der Waals surface area contributed by atoms with Gasteiger partial charge in [-0.2, -0.15) is 0 Å². The summed E-state index contributed by atoms with van der Waals surface area (Å²) in [5, 5.41) is 3.29. The Morgan fingerprint density at radius 2 is 2.11 bits per heavy atom. The van der Waals surface area contributed by atoms with Crippen molar-refractivity contribution in [3.8, 4) is 0 Å². The molecule has 0 amide bonds.